The molecule has 126 valence electrons. The van der Waals surface area contributed by atoms with E-state index in [1.807, 2.05) is 0 Å². The second-order valence-electron chi connectivity index (χ2n) is 5.81. The van der Waals surface area contributed by atoms with Crippen LogP contribution >= 0.6 is 11.6 Å². The van der Waals surface area contributed by atoms with Crippen molar-refractivity contribution in [3.05, 3.63) is 57.9 Å². The maximum absolute atomic E-state index is 13.6. The number of benzene rings is 2. The molecule has 0 heterocycles. The monoisotopic (exact) mass is 348 g/mol. The van der Waals surface area contributed by atoms with E-state index in [9.17, 15) is 9.18 Å². The Morgan fingerprint density at radius 3 is 2.58 bits per heavy atom. The number of carbonyl (C=O) groups is 1. The normalized spacial score (nSPS) is 17.2. The summed E-state index contributed by atoms with van der Waals surface area (Å²) in [5.74, 6) is -0.0379. The summed E-state index contributed by atoms with van der Waals surface area (Å²) in [4.78, 5) is 13.0. The Morgan fingerprint density at radius 2 is 1.88 bits per heavy atom. The fourth-order valence-electron chi connectivity index (χ4n) is 3.25. The van der Waals surface area contributed by atoms with Crippen molar-refractivity contribution < 1.29 is 18.7 Å². The van der Waals surface area contributed by atoms with Crippen LogP contribution in [0.25, 0.3) is 0 Å². The zero-order valence-corrected chi connectivity index (χ0v) is 14.3. The van der Waals surface area contributed by atoms with Crippen LogP contribution in [0.5, 0.6) is 11.5 Å². The van der Waals surface area contributed by atoms with Gasteiger partial charge in [-0.05, 0) is 54.7 Å². The second kappa shape index (κ2) is 6.81. The predicted octanol–water partition coefficient (Wildman–Crippen LogP) is 4.80. The molecule has 3 nitrogen and oxygen atoms in total. The number of rotatable bonds is 3. The van der Waals surface area contributed by atoms with E-state index in [2.05, 4.69) is 0 Å². The van der Waals surface area contributed by atoms with Gasteiger partial charge in [0.05, 0.1) is 19.2 Å². The van der Waals surface area contributed by atoms with Crippen molar-refractivity contribution in [1.29, 1.82) is 0 Å². The van der Waals surface area contributed by atoms with Crippen molar-refractivity contribution in [2.45, 2.75) is 25.2 Å². The minimum atomic E-state index is -0.435. The van der Waals surface area contributed by atoms with Gasteiger partial charge < -0.3 is 9.47 Å². The van der Waals surface area contributed by atoms with Gasteiger partial charge in [0.2, 0.25) is 0 Å². The fourth-order valence-corrected chi connectivity index (χ4v) is 3.58. The topological polar surface area (TPSA) is 35.5 Å². The highest BCUT2D eigenvalue weighted by molar-refractivity contribution is 6.33. The zero-order valence-electron chi connectivity index (χ0n) is 13.6. The molecule has 0 saturated heterocycles. The van der Waals surface area contributed by atoms with Crippen LogP contribution in [-0.2, 0) is 6.42 Å². The van der Waals surface area contributed by atoms with Crippen LogP contribution in [0.4, 0.5) is 4.39 Å². The van der Waals surface area contributed by atoms with E-state index in [-0.39, 0.29) is 17.5 Å². The van der Waals surface area contributed by atoms with Crippen LogP contribution < -0.4 is 9.47 Å². The van der Waals surface area contributed by atoms with E-state index in [0.29, 0.717) is 29.2 Å². The Bertz CT molecular complexity index is 788. The minimum Gasteiger partial charge on any atom is -0.495 e. The van der Waals surface area contributed by atoms with E-state index in [0.717, 1.165) is 17.5 Å². The third-order valence-corrected chi connectivity index (χ3v) is 4.92. The first-order valence-corrected chi connectivity index (χ1v) is 8.17. The first-order valence-electron chi connectivity index (χ1n) is 7.79. The van der Waals surface area contributed by atoms with E-state index >= 15 is 0 Å². The molecule has 0 fully saturated rings. The Labute approximate surface area is 145 Å². The van der Waals surface area contributed by atoms with Crippen LogP contribution in [0.15, 0.2) is 30.3 Å². The van der Waals surface area contributed by atoms with Crippen LogP contribution in [-0.4, -0.2) is 20.0 Å². The van der Waals surface area contributed by atoms with Gasteiger partial charge in [-0.15, -0.1) is 0 Å². The number of hydrogen-bond acceptors (Lipinski definition) is 3. The Balaban J connectivity index is 2.04. The summed E-state index contributed by atoms with van der Waals surface area (Å²) in [5.41, 5.74) is 2.21. The quantitative estimate of drug-likeness (QED) is 0.747. The molecular formula is C19H18ClFO3. The minimum absolute atomic E-state index is 0.000661. The molecule has 1 atom stereocenters. The van der Waals surface area contributed by atoms with Crippen LogP contribution in [0.2, 0.25) is 5.02 Å². The molecule has 0 spiro atoms. The van der Waals surface area contributed by atoms with Crippen molar-refractivity contribution in [2.24, 2.45) is 0 Å². The molecule has 5 heteroatoms. The van der Waals surface area contributed by atoms with E-state index in [1.165, 1.54) is 13.2 Å². The zero-order chi connectivity index (χ0) is 17.3. The van der Waals surface area contributed by atoms with Gasteiger partial charge in [0, 0.05) is 11.5 Å². The van der Waals surface area contributed by atoms with Crippen molar-refractivity contribution in [3.63, 3.8) is 0 Å². The molecule has 0 saturated carbocycles. The van der Waals surface area contributed by atoms with Crippen molar-refractivity contribution in [1.82, 2.24) is 0 Å². The molecule has 24 heavy (non-hydrogen) atoms. The highest BCUT2D eigenvalue weighted by Gasteiger charge is 2.29. The Kier molecular flexibility index (Phi) is 4.76. The number of ether oxygens (including phenoxy) is 2. The molecule has 2 aromatic rings. The van der Waals surface area contributed by atoms with Gasteiger partial charge in [-0.25, -0.2) is 4.39 Å². The van der Waals surface area contributed by atoms with Crippen molar-refractivity contribution >= 4 is 17.4 Å². The SMILES string of the molecule is COc1cc(C2CCCc3c(ccc(OC)c3Cl)C2=O)ccc1F. The molecule has 0 N–H and O–H groups in total. The van der Waals surface area contributed by atoms with Gasteiger partial charge in [0.15, 0.2) is 17.3 Å². The number of carbonyl (C=O) groups excluding carboxylic acids is 1. The lowest BCUT2D eigenvalue weighted by Gasteiger charge is -2.16. The lowest BCUT2D eigenvalue weighted by atomic mass is 9.88. The summed E-state index contributed by atoms with van der Waals surface area (Å²) in [6, 6.07) is 8.08. The third-order valence-electron chi connectivity index (χ3n) is 4.51. The van der Waals surface area contributed by atoms with Crippen LogP contribution in [0.3, 0.4) is 0 Å². The maximum atomic E-state index is 13.6. The van der Waals surface area contributed by atoms with Crippen LogP contribution in [0, 0.1) is 5.82 Å². The predicted molar refractivity (Wildman–Crippen MR) is 91.0 cm³/mol. The summed E-state index contributed by atoms with van der Waals surface area (Å²) in [7, 11) is 2.97. The Hall–Kier alpha value is -2.07. The van der Waals surface area contributed by atoms with Gasteiger partial charge in [-0.1, -0.05) is 17.7 Å². The van der Waals surface area contributed by atoms with Gasteiger partial charge in [-0.2, -0.15) is 0 Å². The summed E-state index contributed by atoms with van der Waals surface area (Å²) < 4.78 is 23.9. The summed E-state index contributed by atoms with van der Waals surface area (Å²) >= 11 is 6.38. The van der Waals surface area contributed by atoms with Crippen molar-refractivity contribution in [3.8, 4) is 11.5 Å². The fraction of sp³-hybridized carbons (Fsp3) is 0.316. The molecule has 1 aliphatic carbocycles. The molecule has 0 bridgehead atoms. The number of fused-ring (bicyclic) bond motifs is 1. The highest BCUT2D eigenvalue weighted by atomic mass is 35.5. The molecule has 0 radical (unpaired) electrons. The molecule has 0 amide bonds. The number of hydrogen-bond donors (Lipinski definition) is 0. The average molecular weight is 349 g/mol. The molecule has 2 aromatic carbocycles. The standard InChI is InChI=1S/C19H18ClFO3/c1-23-16-9-7-14-13(18(16)20)5-3-4-12(19(14)22)11-6-8-15(21)17(10-11)24-2/h6-10,12H,3-5H2,1-2H3. The molecule has 1 aliphatic rings. The largest absolute Gasteiger partial charge is 0.495 e. The second-order valence-corrected chi connectivity index (χ2v) is 6.19. The molecule has 1 unspecified atom stereocenters. The van der Waals surface area contributed by atoms with E-state index < -0.39 is 5.82 Å². The number of methoxy groups -OCH3 is 2. The van der Waals surface area contributed by atoms with Gasteiger partial charge in [-0.3, -0.25) is 4.79 Å². The van der Waals surface area contributed by atoms with E-state index in [1.54, 1.807) is 31.4 Å². The Morgan fingerprint density at radius 1 is 1.12 bits per heavy atom. The average Bonchev–Trinajstić information content (AvgIpc) is 2.76. The van der Waals surface area contributed by atoms with Gasteiger partial charge >= 0.3 is 0 Å². The first-order chi connectivity index (χ1) is 11.6. The van der Waals surface area contributed by atoms with E-state index in [4.69, 9.17) is 21.1 Å². The number of Topliss-reactive ketones (excluding diaryl/α,β-unsaturated/α-hetero) is 1. The van der Waals surface area contributed by atoms with Crippen molar-refractivity contribution in [2.75, 3.05) is 14.2 Å². The lowest BCUT2D eigenvalue weighted by Crippen LogP contribution is -2.13. The summed E-state index contributed by atoms with van der Waals surface area (Å²) in [6.07, 6.45) is 2.21. The molecular weight excluding hydrogens is 331 g/mol. The number of ketones is 1. The lowest BCUT2D eigenvalue weighted by molar-refractivity contribution is 0.0957. The maximum Gasteiger partial charge on any atom is 0.170 e. The highest BCUT2D eigenvalue weighted by Crippen LogP contribution is 2.39. The molecule has 0 aromatic heterocycles. The van der Waals surface area contributed by atoms with Crippen LogP contribution in [0.1, 0.15) is 40.2 Å². The smallest absolute Gasteiger partial charge is 0.170 e. The number of halogens is 2. The molecule has 0 aliphatic heterocycles. The van der Waals surface area contributed by atoms with Gasteiger partial charge in [0.25, 0.3) is 0 Å². The summed E-state index contributed by atoms with van der Waals surface area (Å²) in [5, 5.41) is 0.501. The molecule has 3 rings (SSSR count). The third kappa shape index (κ3) is 2.86. The first kappa shape index (κ1) is 16.8. The van der Waals surface area contributed by atoms with Gasteiger partial charge in [0.1, 0.15) is 5.75 Å². The summed E-state index contributed by atoms with van der Waals surface area (Å²) in [6.45, 7) is 0.